The number of rotatable bonds is 5. The molecule has 0 atom stereocenters. The summed E-state index contributed by atoms with van der Waals surface area (Å²) < 4.78 is 7.17. The summed E-state index contributed by atoms with van der Waals surface area (Å²) in [5, 5.41) is 10.00. The molecular formula is C13H22N4O2. The fourth-order valence-electron chi connectivity index (χ4n) is 2.33. The molecule has 2 amide bonds. The molecule has 0 saturated heterocycles. The second-order valence-corrected chi connectivity index (χ2v) is 5.07. The third-order valence-electron chi connectivity index (χ3n) is 3.76. The van der Waals surface area contributed by atoms with Crippen LogP contribution in [0, 0.1) is 0 Å². The Morgan fingerprint density at radius 1 is 1.58 bits per heavy atom. The van der Waals surface area contributed by atoms with Gasteiger partial charge < -0.3 is 15.4 Å². The lowest BCUT2D eigenvalue weighted by molar-refractivity contribution is -0.0671. The van der Waals surface area contributed by atoms with Crippen molar-refractivity contribution in [2.75, 3.05) is 19.0 Å². The van der Waals surface area contributed by atoms with Gasteiger partial charge in [0.1, 0.15) is 0 Å². The highest BCUT2D eigenvalue weighted by Crippen LogP contribution is 2.34. The first-order chi connectivity index (χ1) is 9.08. The Hall–Kier alpha value is -1.56. The number of urea groups is 1. The van der Waals surface area contributed by atoms with Gasteiger partial charge in [0.25, 0.3) is 0 Å². The topological polar surface area (TPSA) is 68.2 Å². The third kappa shape index (κ3) is 3.07. The van der Waals surface area contributed by atoms with Crippen LogP contribution in [0.3, 0.4) is 0 Å². The largest absolute Gasteiger partial charge is 0.376 e. The van der Waals surface area contributed by atoms with E-state index in [4.69, 9.17) is 4.74 Å². The smallest absolute Gasteiger partial charge is 0.319 e. The van der Waals surface area contributed by atoms with Crippen molar-refractivity contribution in [2.24, 2.45) is 7.05 Å². The first-order valence-electron chi connectivity index (χ1n) is 6.71. The summed E-state index contributed by atoms with van der Waals surface area (Å²) in [4.78, 5) is 11.9. The number of amides is 2. The maximum atomic E-state index is 11.9. The average molecular weight is 266 g/mol. The average Bonchev–Trinajstić information content (AvgIpc) is 2.68. The van der Waals surface area contributed by atoms with Gasteiger partial charge in [-0.05, 0) is 25.7 Å². The van der Waals surface area contributed by atoms with Gasteiger partial charge >= 0.3 is 6.03 Å². The number of nitrogens with one attached hydrogen (secondary N) is 2. The van der Waals surface area contributed by atoms with Crippen molar-refractivity contribution in [2.45, 2.75) is 38.2 Å². The molecule has 0 unspecified atom stereocenters. The molecule has 0 aliphatic heterocycles. The number of nitrogens with zero attached hydrogens (tertiary/aromatic N) is 2. The lowest BCUT2D eigenvalue weighted by Crippen LogP contribution is -2.50. The van der Waals surface area contributed by atoms with Gasteiger partial charge in [-0.1, -0.05) is 6.92 Å². The Kier molecular flexibility index (Phi) is 4.09. The van der Waals surface area contributed by atoms with Crippen LogP contribution in [0.2, 0.25) is 0 Å². The Morgan fingerprint density at radius 2 is 2.32 bits per heavy atom. The molecule has 1 aliphatic carbocycles. The molecular weight excluding hydrogens is 244 g/mol. The predicted molar refractivity (Wildman–Crippen MR) is 73.2 cm³/mol. The lowest BCUT2D eigenvalue weighted by Gasteiger charge is -2.40. The molecule has 2 N–H and O–H groups in total. The molecule has 1 heterocycles. The molecule has 0 spiro atoms. The highest BCUT2D eigenvalue weighted by atomic mass is 16.5. The fraction of sp³-hybridized carbons (Fsp3) is 0.692. The number of carbonyl (C=O) groups excluding carboxylic acids is 1. The zero-order valence-electron chi connectivity index (χ0n) is 11.8. The molecule has 0 radical (unpaired) electrons. The number of aryl methyl sites for hydroxylation is 2. The van der Waals surface area contributed by atoms with Crippen molar-refractivity contribution in [3.05, 3.63) is 11.9 Å². The Bertz CT molecular complexity index is 446. The number of ether oxygens (including phenoxy) is 1. The summed E-state index contributed by atoms with van der Waals surface area (Å²) in [5.74, 6) is 0. The first kappa shape index (κ1) is 13.9. The minimum Gasteiger partial charge on any atom is -0.376 e. The van der Waals surface area contributed by atoms with Crippen LogP contribution < -0.4 is 10.6 Å². The van der Waals surface area contributed by atoms with E-state index in [1.807, 2.05) is 20.2 Å². The van der Waals surface area contributed by atoms with E-state index in [2.05, 4.69) is 15.7 Å². The van der Waals surface area contributed by atoms with Crippen LogP contribution in [0.25, 0.3) is 0 Å². The van der Waals surface area contributed by atoms with Crippen LogP contribution in [-0.4, -0.2) is 35.1 Å². The van der Waals surface area contributed by atoms with Gasteiger partial charge in [-0.2, -0.15) is 5.10 Å². The van der Waals surface area contributed by atoms with Gasteiger partial charge in [-0.3, -0.25) is 4.68 Å². The Balaban J connectivity index is 1.87. The summed E-state index contributed by atoms with van der Waals surface area (Å²) in [5.41, 5.74) is 1.50. The summed E-state index contributed by atoms with van der Waals surface area (Å²) >= 11 is 0. The SMILES string of the molecule is CCc1nn(C)cc1NC(=O)NCC1(OC)CCC1. The van der Waals surface area contributed by atoms with Crippen molar-refractivity contribution < 1.29 is 9.53 Å². The van der Waals surface area contributed by atoms with Gasteiger partial charge in [0, 0.05) is 26.9 Å². The van der Waals surface area contributed by atoms with E-state index < -0.39 is 0 Å². The van der Waals surface area contributed by atoms with Crippen LogP contribution in [0.5, 0.6) is 0 Å². The van der Waals surface area contributed by atoms with E-state index in [0.29, 0.717) is 6.54 Å². The first-order valence-corrected chi connectivity index (χ1v) is 6.71. The van der Waals surface area contributed by atoms with Crippen LogP contribution in [0.1, 0.15) is 31.9 Å². The predicted octanol–water partition coefficient (Wildman–Crippen LogP) is 1.67. The van der Waals surface area contributed by atoms with E-state index in [-0.39, 0.29) is 11.6 Å². The standard InChI is InChI=1S/C13H22N4O2/c1-4-10-11(8-17(2)16-10)15-12(18)14-9-13(19-3)6-5-7-13/h8H,4-7,9H2,1-3H3,(H2,14,15,18). The third-order valence-corrected chi connectivity index (χ3v) is 3.76. The number of hydrogen-bond donors (Lipinski definition) is 2. The van der Waals surface area contributed by atoms with Gasteiger partial charge in [-0.15, -0.1) is 0 Å². The Morgan fingerprint density at radius 3 is 2.84 bits per heavy atom. The van der Waals surface area contributed by atoms with Crippen molar-refractivity contribution >= 4 is 11.7 Å². The number of carbonyl (C=O) groups is 1. The molecule has 6 nitrogen and oxygen atoms in total. The van der Waals surface area contributed by atoms with E-state index in [1.165, 1.54) is 6.42 Å². The number of hydrogen-bond acceptors (Lipinski definition) is 3. The summed E-state index contributed by atoms with van der Waals surface area (Å²) in [6.45, 7) is 2.57. The van der Waals surface area contributed by atoms with E-state index in [0.717, 1.165) is 30.6 Å². The number of anilines is 1. The molecule has 6 heteroatoms. The van der Waals surface area contributed by atoms with Crippen LogP contribution in [0.4, 0.5) is 10.5 Å². The fourth-order valence-corrected chi connectivity index (χ4v) is 2.33. The quantitative estimate of drug-likeness (QED) is 0.852. The van der Waals surface area contributed by atoms with Crippen LogP contribution >= 0.6 is 0 Å². The monoisotopic (exact) mass is 266 g/mol. The highest BCUT2D eigenvalue weighted by Gasteiger charge is 2.37. The zero-order valence-corrected chi connectivity index (χ0v) is 11.8. The minimum absolute atomic E-state index is 0.153. The van der Waals surface area contributed by atoms with E-state index >= 15 is 0 Å². The molecule has 106 valence electrons. The molecule has 0 bridgehead atoms. The van der Waals surface area contributed by atoms with Crippen LogP contribution in [-0.2, 0) is 18.2 Å². The molecule has 1 aliphatic rings. The molecule has 1 aromatic rings. The molecule has 0 aromatic carbocycles. The van der Waals surface area contributed by atoms with Gasteiger partial charge in [0.2, 0.25) is 0 Å². The summed E-state index contributed by atoms with van der Waals surface area (Å²) in [6.07, 6.45) is 5.79. The molecule has 1 saturated carbocycles. The van der Waals surface area contributed by atoms with Gasteiger partial charge in [0.15, 0.2) is 0 Å². The molecule has 1 fully saturated rings. The normalized spacial score (nSPS) is 16.8. The van der Waals surface area contributed by atoms with Gasteiger partial charge in [-0.25, -0.2) is 4.79 Å². The number of methoxy groups -OCH3 is 1. The molecule has 19 heavy (non-hydrogen) atoms. The summed E-state index contributed by atoms with van der Waals surface area (Å²) in [7, 11) is 3.55. The second kappa shape index (κ2) is 5.61. The Labute approximate surface area is 113 Å². The summed E-state index contributed by atoms with van der Waals surface area (Å²) in [6, 6.07) is -0.203. The lowest BCUT2D eigenvalue weighted by atomic mass is 9.80. The maximum Gasteiger partial charge on any atom is 0.319 e. The van der Waals surface area contributed by atoms with E-state index in [9.17, 15) is 4.79 Å². The molecule has 1 aromatic heterocycles. The second-order valence-electron chi connectivity index (χ2n) is 5.07. The van der Waals surface area contributed by atoms with Crippen molar-refractivity contribution in [1.82, 2.24) is 15.1 Å². The minimum atomic E-state index is -0.203. The van der Waals surface area contributed by atoms with Crippen molar-refractivity contribution in [3.8, 4) is 0 Å². The highest BCUT2D eigenvalue weighted by molar-refractivity contribution is 5.89. The van der Waals surface area contributed by atoms with Crippen LogP contribution in [0.15, 0.2) is 6.20 Å². The van der Waals surface area contributed by atoms with Gasteiger partial charge in [0.05, 0.1) is 17.0 Å². The molecule has 2 rings (SSSR count). The zero-order chi connectivity index (χ0) is 13.9. The number of aromatic nitrogens is 2. The van der Waals surface area contributed by atoms with E-state index in [1.54, 1.807) is 11.8 Å². The van der Waals surface area contributed by atoms with Crippen molar-refractivity contribution in [3.63, 3.8) is 0 Å². The maximum absolute atomic E-state index is 11.9. The van der Waals surface area contributed by atoms with Crippen molar-refractivity contribution in [1.29, 1.82) is 0 Å².